The second-order valence-electron chi connectivity index (χ2n) is 10.7. The molecule has 150 valence electrons. The van der Waals surface area contributed by atoms with Crippen LogP contribution in [0.2, 0.25) is 0 Å². The van der Waals surface area contributed by atoms with E-state index < -0.39 is 0 Å². The Morgan fingerprint density at radius 1 is 0.806 bits per heavy atom. The fraction of sp³-hybridized carbons (Fsp3) is 0.286. The zero-order valence-electron chi connectivity index (χ0n) is 18.5. The van der Waals surface area contributed by atoms with Gasteiger partial charge in [-0.2, -0.15) is 8.97 Å². The van der Waals surface area contributed by atoms with Gasteiger partial charge in [-0.15, -0.1) is 0 Å². The van der Waals surface area contributed by atoms with Crippen molar-refractivity contribution in [2.24, 2.45) is 0 Å². The predicted octanol–water partition coefficient (Wildman–Crippen LogP) is 4.78. The summed E-state index contributed by atoms with van der Waals surface area (Å²) in [6.45, 7) is 11.7. The van der Waals surface area contributed by atoms with Crippen LogP contribution in [0.4, 0.5) is 0 Å². The molecule has 3 aliphatic heterocycles. The largest absolute Gasteiger partial charge is 0.302 e. The molecule has 3 heteroatoms. The van der Waals surface area contributed by atoms with Crippen molar-refractivity contribution in [2.45, 2.75) is 51.6 Å². The molecule has 0 N–H and O–H groups in total. The molecule has 6 heterocycles. The summed E-state index contributed by atoms with van der Waals surface area (Å²) in [6.07, 6.45) is 2.31. The van der Waals surface area contributed by atoms with E-state index in [1.54, 1.807) is 0 Å². The number of pyridine rings is 2. The summed E-state index contributed by atoms with van der Waals surface area (Å²) in [5, 5.41) is 2.94. The van der Waals surface area contributed by atoms with Gasteiger partial charge in [0.25, 0.3) is 0 Å². The van der Waals surface area contributed by atoms with Gasteiger partial charge >= 0.3 is 5.65 Å². The van der Waals surface area contributed by atoms with Gasteiger partial charge in [-0.05, 0) is 0 Å². The van der Waals surface area contributed by atoms with Gasteiger partial charge in [0, 0.05) is 39.2 Å². The highest BCUT2D eigenvalue weighted by Crippen LogP contribution is 2.54. The third-order valence-electron chi connectivity index (χ3n) is 8.98. The molecular weight excluding hydrogens is 378 g/mol. The van der Waals surface area contributed by atoms with Gasteiger partial charge in [0.05, 0.1) is 0 Å². The first-order valence-corrected chi connectivity index (χ1v) is 11.4. The molecule has 0 spiro atoms. The number of aromatic nitrogens is 3. The Balaban J connectivity index is 1.77. The predicted molar refractivity (Wildman–Crippen MR) is 122 cm³/mol. The van der Waals surface area contributed by atoms with E-state index >= 15 is 0 Å². The second kappa shape index (κ2) is 4.67. The lowest BCUT2D eigenvalue weighted by Gasteiger charge is -2.43. The fourth-order valence-electron chi connectivity index (χ4n) is 6.82. The number of hydrogen-bond donors (Lipinski definition) is 0. The van der Waals surface area contributed by atoms with Gasteiger partial charge in [0.1, 0.15) is 17.3 Å². The zero-order chi connectivity index (χ0) is 20.9. The topological polar surface area (TPSA) is 12.2 Å². The monoisotopic (exact) mass is 403 g/mol. The van der Waals surface area contributed by atoms with E-state index in [4.69, 9.17) is 0 Å². The molecule has 0 atom stereocenters. The molecule has 0 unspecified atom stereocenters. The highest BCUT2D eigenvalue weighted by molar-refractivity contribution is 6.13. The summed E-state index contributed by atoms with van der Waals surface area (Å²) in [6, 6.07) is 18.2. The number of nitrogens with zero attached hydrogens (tertiary/aromatic N) is 3. The van der Waals surface area contributed by atoms with Crippen LogP contribution in [0.3, 0.4) is 0 Å². The highest BCUT2D eigenvalue weighted by Gasteiger charge is 2.55. The molecule has 0 bridgehead atoms. The lowest BCUT2D eigenvalue weighted by molar-refractivity contribution is -0.657. The van der Waals surface area contributed by atoms with Gasteiger partial charge in [-0.25, -0.2) is 4.57 Å². The van der Waals surface area contributed by atoms with E-state index in [-0.39, 0.29) is 10.8 Å². The van der Waals surface area contributed by atoms with Gasteiger partial charge in [0.15, 0.2) is 29.6 Å². The fourth-order valence-corrected chi connectivity index (χ4v) is 6.82. The lowest BCUT2D eigenvalue weighted by atomic mass is 9.60. The third-order valence-corrected chi connectivity index (χ3v) is 8.98. The molecule has 3 nitrogen and oxygen atoms in total. The maximum absolute atomic E-state index is 2.66. The summed E-state index contributed by atoms with van der Waals surface area (Å²) >= 11 is 0. The minimum atomic E-state index is -0.0161. The first kappa shape index (κ1) is 16.5. The molecule has 31 heavy (non-hydrogen) atoms. The smallest absolute Gasteiger partial charge is 0.218 e. The average Bonchev–Trinajstić information content (AvgIpc) is 3.41. The van der Waals surface area contributed by atoms with Crippen LogP contribution < -0.4 is 9.13 Å². The maximum Gasteiger partial charge on any atom is 0.302 e. The minimum Gasteiger partial charge on any atom is -0.218 e. The zero-order valence-corrected chi connectivity index (χ0v) is 18.5. The summed E-state index contributed by atoms with van der Waals surface area (Å²) in [4.78, 5) is 0. The second-order valence-corrected chi connectivity index (χ2v) is 10.7. The summed E-state index contributed by atoms with van der Waals surface area (Å²) in [7, 11) is 0. The average molecular weight is 404 g/mol. The van der Waals surface area contributed by atoms with Crippen LogP contribution in [-0.4, -0.2) is 4.40 Å². The SMILES string of the molecule is CC1(C)c2ccc3c4c2n2c(c(-c5ccccc5)[n+]5c2c2c(cc[n+](c42)C3)C5)C1(C)C. The van der Waals surface area contributed by atoms with Crippen molar-refractivity contribution in [1.29, 1.82) is 0 Å². The van der Waals surface area contributed by atoms with E-state index in [0.717, 1.165) is 13.1 Å². The Kier molecular flexibility index (Phi) is 2.48. The van der Waals surface area contributed by atoms with Crippen molar-refractivity contribution in [1.82, 2.24) is 4.40 Å². The maximum atomic E-state index is 2.66. The van der Waals surface area contributed by atoms with Crippen molar-refractivity contribution >= 4 is 27.5 Å². The van der Waals surface area contributed by atoms with Crippen molar-refractivity contribution in [3.63, 3.8) is 0 Å². The minimum absolute atomic E-state index is 0.0161. The number of rotatable bonds is 1. The first-order valence-electron chi connectivity index (χ1n) is 11.4. The quantitative estimate of drug-likeness (QED) is 0.276. The molecule has 0 saturated heterocycles. The van der Waals surface area contributed by atoms with Crippen LogP contribution in [0, 0.1) is 0 Å². The Bertz CT molecular complexity index is 1670. The van der Waals surface area contributed by atoms with Gasteiger partial charge in [0.2, 0.25) is 5.52 Å². The molecule has 3 aliphatic rings. The van der Waals surface area contributed by atoms with Crippen LogP contribution >= 0.6 is 0 Å². The van der Waals surface area contributed by atoms with Crippen molar-refractivity contribution in [3.05, 3.63) is 77.1 Å². The van der Waals surface area contributed by atoms with Crippen molar-refractivity contribution in [2.75, 3.05) is 0 Å². The summed E-state index contributed by atoms with van der Waals surface area (Å²) in [5.41, 5.74) is 12.9. The number of benzene rings is 2. The Morgan fingerprint density at radius 2 is 1.58 bits per heavy atom. The van der Waals surface area contributed by atoms with Crippen molar-refractivity contribution < 1.29 is 9.13 Å². The van der Waals surface area contributed by atoms with Gasteiger partial charge in [-0.1, -0.05) is 70.2 Å². The standard InChI is InChI=1S/C28H25N3/c1-27(2)19-11-10-17-14-29-13-12-18-15-30-22(16-8-6-5-7-9-16)25(28(27,3)4)31-23(19)20(17)24(29)21(18)26(30)31/h5-13H,14-15H2,1-4H3/q+2. The van der Waals surface area contributed by atoms with Gasteiger partial charge in [-0.3, -0.25) is 0 Å². The van der Waals surface area contributed by atoms with E-state index in [9.17, 15) is 0 Å². The molecule has 0 radical (unpaired) electrons. The van der Waals surface area contributed by atoms with Gasteiger partial charge < -0.3 is 0 Å². The molecule has 2 aromatic carbocycles. The molecule has 0 saturated carbocycles. The Hall–Kier alpha value is -3.20. The Morgan fingerprint density at radius 3 is 2.39 bits per heavy atom. The van der Waals surface area contributed by atoms with E-state index in [0.29, 0.717) is 0 Å². The van der Waals surface area contributed by atoms with Crippen LogP contribution in [0.25, 0.3) is 38.7 Å². The van der Waals surface area contributed by atoms with E-state index in [2.05, 4.69) is 96.0 Å². The van der Waals surface area contributed by atoms with E-state index in [1.807, 2.05) is 0 Å². The molecule has 0 amide bonds. The van der Waals surface area contributed by atoms with Crippen LogP contribution in [0.15, 0.2) is 54.7 Å². The molecule has 0 fully saturated rings. The number of hydrogen-bond acceptors (Lipinski definition) is 0. The summed E-state index contributed by atoms with van der Waals surface area (Å²) in [5.74, 6) is 0. The lowest BCUT2D eigenvalue weighted by Crippen LogP contribution is -2.45. The molecule has 5 aromatic rings. The normalized spacial score (nSPS) is 18.6. The molecular formula is C28H25N3+2. The van der Waals surface area contributed by atoms with Crippen LogP contribution in [0.1, 0.15) is 50.1 Å². The van der Waals surface area contributed by atoms with Crippen LogP contribution in [-0.2, 0) is 23.9 Å². The molecule has 3 aromatic heterocycles. The summed E-state index contributed by atoms with van der Waals surface area (Å²) < 4.78 is 7.75. The van der Waals surface area contributed by atoms with Crippen molar-refractivity contribution in [3.8, 4) is 11.3 Å². The highest BCUT2D eigenvalue weighted by atomic mass is 15.2. The number of imidazole rings is 1. The Labute approximate surface area is 181 Å². The van der Waals surface area contributed by atoms with Crippen LogP contribution in [0.5, 0.6) is 0 Å². The third kappa shape index (κ3) is 1.53. The van der Waals surface area contributed by atoms with E-state index in [1.165, 1.54) is 61.1 Å². The molecule has 0 aliphatic carbocycles. The first-order chi connectivity index (χ1) is 14.9. The molecule has 8 rings (SSSR count).